The first-order valence-corrected chi connectivity index (χ1v) is 26.4. The summed E-state index contributed by atoms with van der Waals surface area (Å²) >= 11 is 0. The number of hydrogen-bond donors (Lipinski definition) is 0. The maximum atomic E-state index is 6.82. The molecule has 0 unspecified atom stereocenters. The summed E-state index contributed by atoms with van der Waals surface area (Å²) in [6, 6.07) is 59.1. The maximum absolute atomic E-state index is 6.82. The van der Waals surface area contributed by atoms with Crippen LogP contribution in [0.15, 0.2) is 167 Å². The largest absolute Gasteiger partial charge is 0.456 e. The molecule has 0 spiro atoms. The van der Waals surface area contributed by atoms with Crippen molar-refractivity contribution in [1.82, 2.24) is 0 Å². The van der Waals surface area contributed by atoms with Crippen LogP contribution in [0.4, 0.5) is 34.1 Å². The third-order valence-corrected chi connectivity index (χ3v) is 15.2. The number of benzene rings is 9. The first-order chi connectivity index (χ1) is 34.6. The molecule has 2 aromatic heterocycles. The second-order valence-corrected chi connectivity index (χ2v) is 22.1. The van der Waals surface area contributed by atoms with E-state index in [1.54, 1.807) is 0 Å². The van der Waals surface area contributed by atoms with Gasteiger partial charge in [-0.3, -0.25) is 0 Å². The number of nitrogens with zero attached hydrogens (tertiary/aromatic N) is 2. The van der Waals surface area contributed by atoms with Gasteiger partial charge in [0, 0.05) is 55.7 Å². The number of anilines is 6. The van der Waals surface area contributed by atoms with Crippen molar-refractivity contribution in [2.24, 2.45) is 0 Å². The zero-order chi connectivity index (χ0) is 50.3. The summed E-state index contributed by atoms with van der Waals surface area (Å²) in [5.41, 5.74) is 18.6. The zero-order valence-electron chi connectivity index (χ0n) is 44.2. The summed E-state index contributed by atoms with van der Waals surface area (Å²) in [6.45, 7) is 27.5. The summed E-state index contributed by atoms with van der Waals surface area (Å²) in [6.07, 6.45) is 0. The second kappa shape index (κ2) is 18.4. The molecule has 72 heavy (non-hydrogen) atoms. The highest BCUT2D eigenvalue weighted by Gasteiger charge is 2.26. The van der Waals surface area contributed by atoms with Gasteiger partial charge in [-0.2, -0.15) is 0 Å². The van der Waals surface area contributed by atoms with Gasteiger partial charge in [-0.15, -0.1) is 0 Å². The molecule has 4 nitrogen and oxygen atoms in total. The van der Waals surface area contributed by atoms with Gasteiger partial charge >= 0.3 is 0 Å². The molecule has 0 aliphatic carbocycles. The SMILES string of the molecule is CC(C)c1ccc(N(c2ccc3cc4c(cc3c2)oc2ccc3oc5cc6cc(N(c7ccccc7C(C)C)c7ccc(C(C)C)cc7C(C)C)ccc6cc5c3c24)c2ccccc2C(C)C)c(C(C)C)c1. The van der Waals surface area contributed by atoms with Crippen LogP contribution in [-0.4, -0.2) is 0 Å². The molecule has 0 aliphatic rings. The van der Waals surface area contributed by atoms with Crippen molar-refractivity contribution in [2.75, 3.05) is 9.80 Å². The second-order valence-electron chi connectivity index (χ2n) is 22.1. The third-order valence-electron chi connectivity index (χ3n) is 15.2. The molecular formula is C68H68N2O2. The van der Waals surface area contributed by atoms with Crippen LogP contribution in [0.3, 0.4) is 0 Å². The molecule has 0 bridgehead atoms. The first kappa shape index (κ1) is 47.0. The molecule has 0 fully saturated rings. The first-order valence-electron chi connectivity index (χ1n) is 26.4. The Balaban J connectivity index is 1.05. The Labute approximate surface area is 425 Å². The van der Waals surface area contributed by atoms with E-state index in [0.717, 1.165) is 76.8 Å². The fraction of sp³-hybridized carbons (Fsp3) is 0.265. The minimum absolute atomic E-state index is 0.341. The summed E-state index contributed by atoms with van der Waals surface area (Å²) < 4.78 is 13.6. The fourth-order valence-corrected chi connectivity index (χ4v) is 11.2. The van der Waals surface area contributed by atoms with Crippen LogP contribution in [0.1, 0.15) is 152 Å². The predicted octanol–water partition coefficient (Wildman–Crippen LogP) is 21.5. The number of para-hydroxylation sites is 2. The van der Waals surface area contributed by atoms with Crippen molar-refractivity contribution in [3.63, 3.8) is 0 Å². The van der Waals surface area contributed by atoms with Gasteiger partial charge in [0.25, 0.3) is 0 Å². The molecule has 362 valence electrons. The van der Waals surface area contributed by atoms with Crippen LogP contribution in [-0.2, 0) is 0 Å². The Kier molecular flexibility index (Phi) is 12.0. The Morgan fingerprint density at radius 3 is 1.04 bits per heavy atom. The topological polar surface area (TPSA) is 32.8 Å². The molecule has 9 aromatic carbocycles. The summed E-state index contributed by atoms with van der Waals surface area (Å²) in [7, 11) is 0. The van der Waals surface area contributed by atoms with Gasteiger partial charge < -0.3 is 18.6 Å². The van der Waals surface area contributed by atoms with Crippen molar-refractivity contribution in [3.05, 3.63) is 191 Å². The van der Waals surface area contributed by atoms with Gasteiger partial charge in [0.2, 0.25) is 0 Å². The lowest BCUT2D eigenvalue weighted by molar-refractivity contribution is 0.663. The van der Waals surface area contributed by atoms with E-state index in [1.165, 1.54) is 56.1 Å². The van der Waals surface area contributed by atoms with E-state index in [9.17, 15) is 0 Å². The molecule has 0 atom stereocenters. The van der Waals surface area contributed by atoms with Crippen LogP contribution >= 0.6 is 0 Å². The van der Waals surface area contributed by atoms with Crippen LogP contribution in [0.25, 0.3) is 65.4 Å². The fourth-order valence-electron chi connectivity index (χ4n) is 11.2. The maximum Gasteiger partial charge on any atom is 0.136 e. The Bertz CT molecular complexity index is 3610. The lowest BCUT2D eigenvalue weighted by Crippen LogP contribution is -2.15. The Hall–Kier alpha value is -7.30. The standard InChI is InChI=1S/C68H68N2O2/c1-39(2)45-23-27-61(55(33-45)43(9)10)69(59-19-15-13-17-53(59)41(5)6)51-25-21-47-35-57-65(37-49(47)31-51)71-63-29-30-64-68(67(57)63)58-36-48-22-26-52(32-50(48)38-66(58)72-64)70(60-20-16-14-18-54(60)42(7)8)62-28-24-46(40(3)4)34-56(62)44(11)12/h13-44H,1-12H3. The number of hydrogen-bond acceptors (Lipinski definition) is 4. The van der Waals surface area contributed by atoms with E-state index in [0.29, 0.717) is 35.5 Å². The summed E-state index contributed by atoms with van der Waals surface area (Å²) in [5.74, 6) is 2.27. The zero-order valence-corrected chi connectivity index (χ0v) is 44.2. The molecule has 0 saturated carbocycles. The van der Waals surface area contributed by atoms with E-state index >= 15 is 0 Å². The smallest absolute Gasteiger partial charge is 0.136 e. The summed E-state index contributed by atoms with van der Waals surface area (Å²) in [4.78, 5) is 4.97. The highest BCUT2D eigenvalue weighted by Crippen LogP contribution is 2.48. The van der Waals surface area contributed by atoms with Crippen molar-refractivity contribution >= 4 is 99.5 Å². The van der Waals surface area contributed by atoms with Gasteiger partial charge in [0.1, 0.15) is 22.3 Å². The molecule has 0 aliphatic heterocycles. The van der Waals surface area contributed by atoms with Gasteiger partial charge in [-0.25, -0.2) is 0 Å². The molecule has 0 saturated heterocycles. The van der Waals surface area contributed by atoms with E-state index in [4.69, 9.17) is 8.83 Å². The Morgan fingerprint density at radius 2 is 0.667 bits per heavy atom. The summed E-state index contributed by atoms with van der Waals surface area (Å²) in [5, 5.41) is 8.94. The normalized spacial score (nSPS) is 12.4. The lowest BCUT2D eigenvalue weighted by Gasteiger charge is -2.32. The molecule has 2 heterocycles. The van der Waals surface area contributed by atoms with Crippen LogP contribution in [0, 0.1) is 0 Å². The lowest BCUT2D eigenvalue weighted by atomic mass is 9.92. The van der Waals surface area contributed by atoms with E-state index in [1.807, 2.05) is 0 Å². The number of rotatable bonds is 12. The van der Waals surface area contributed by atoms with Crippen LogP contribution in [0.2, 0.25) is 0 Å². The Morgan fingerprint density at radius 1 is 0.292 bits per heavy atom. The highest BCUT2D eigenvalue weighted by molar-refractivity contribution is 6.28. The van der Waals surface area contributed by atoms with Crippen LogP contribution < -0.4 is 9.80 Å². The van der Waals surface area contributed by atoms with Gasteiger partial charge in [0.15, 0.2) is 0 Å². The van der Waals surface area contributed by atoms with Crippen molar-refractivity contribution < 1.29 is 8.83 Å². The van der Waals surface area contributed by atoms with E-state index in [-0.39, 0.29) is 0 Å². The van der Waals surface area contributed by atoms with Crippen molar-refractivity contribution in [1.29, 1.82) is 0 Å². The average molecular weight is 945 g/mol. The third kappa shape index (κ3) is 8.10. The minimum Gasteiger partial charge on any atom is -0.456 e. The van der Waals surface area contributed by atoms with E-state index in [2.05, 4.69) is 251 Å². The van der Waals surface area contributed by atoms with Gasteiger partial charge in [-0.1, -0.05) is 156 Å². The molecular weight excluding hydrogens is 877 g/mol. The highest BCUT2D eigenvalue weighted by atomic mass is 16.3. The molecule has 0 N–H and O–H groups in total. The molecule has 11 rings (SSSR count). The van der Waals surface area contributed by atoms with Crippen molar-refractivity contribution in [3.8, 4) is 0 Å². The van der Waals surface area contributed by atoms with Crippen molar-refractivity contribution in [2.45, 2.75) is 119 Å². The molecule has 0 radical (unpaired) electrons. The van der Waals surface area contributed by atoms with E-state index < -0.39 is 0 Å². The predicted molar refractivity (Wildman–Crippen MR) is 310 cm³/mol. The quantitative estimate of drug-likeness (QED) is 0.122. The monoisotopic (exact) mass is 945 g/mol. The molecule has 0 amide bonds. The number of furan rings is 2. The molecule has 11 aromatic rings. The minimum atomic E-state index is 0.341. The van der Waals surface area contributed by atoms with Gasteiger partial charge in [0.05, 0.1) is 0 Å². The number of fused-ring (bicyclic) bond motifs is 9. The average Bonchev–Trinajstić information content (AvgIpc) is 3.91. The van der Waals surface area contributed by atoms with Crippen LogP contribution in [0.5, 0.6) is 0 Å². The molecule has 4 heteroatoms. The van der Waals surface area contributed by atoms with Gasteiger partial charge in [-0.05, 0) is 175 Å².